The van der Waals surface area contributed by atoms with Gasteiger partial charge in [0, 0.05) is 0 Å². The highest BCUT2D eigenvalue weighted by Crippen LogP contribution is 2.38. The zero-order valence-electron chi connectivity index (χ0n) is 8.00. The van der Waals surface area contributed by atoms with Gasteiger partial charge in [-0.3, -0.25) is 4.52 Å². The number of hydrogen-bond donors (Lipinski definition) is 6. The van der Waals surface area contributed by atoms with Gasteiger partial charge in [0.15, 0.2) is 0 Å². The average Bonchev–Trinajstić information content (AvgIpc) is 2.40. The first-order chi connectivity index (χ1) is 7.19. The lowest BCUT2D eigenvalue weighted by atomic mass is 10.1. The molecule has 0 aliphatic carbocycles. The minimum atomic E-state index is -4.73. The van der Waals surface area contributed by atoms with Crippen LogP contribution in [0.5, 0.6) is 0 Å². The van der Waals surface area contributed by atoms with Crippen LogP contribution in [-0.2, 0) is 13.8 Å². The molecule has 0 amide bonds. The van der Waals surface area contributed by atoms with E-state index >= 15 is 0 Å². The van der Waals surface area contributed by atoms with E-state index in [4.69, 9.17) is 14.9 Å². The van der Waals surface area contributed by atoms with E-state index in [-0.39, 0.29) is 0 Å². The van der Waals surface area contributed by atoms with Crippen LogP contribution in [0.1, 0.15) is 0 Å². The SMILES string of the molecule is O=P(O)(O)OC[C@H]1OC(O)(CO)[C@@H](O)[C@H]1O. The van der Waals surface area contributed by atoms with Gasteiger partial charge in [0.2, 0.25) is 5.79 Å². The smallest absolute Gasteiger partial charge is 0.391 e. The van der Waals surface area contributed by atoms with Crippen LogP contribution in [0.3, 0.4) is 0 Å². The highest BCUT2D eigenvalue weighted by atomic mass is 31.2. The second kappa shape index (κ2) is 4.65. The first-order valence-corrected chi connectivity index (χ1v) is 5.80. The minimum Gasteiger partial charge on any atom is -0.391 e. The molecule has 1 aliphatic rings. The van der Waals surface area contributed by atoms with Gasteiger partial charge in [-0.2, -0.15) is 0 Å². The normalized spacial score (nSPS) is 40.2. The molecule has 0 radical (unpaired) electrons. The third-order valence-electron chi connectivity index (χ3n) is 2.16. The summed E-state index contributed by atoms with van der Waals surface area (Å²) in [6.07, 6.45) is -4.76. The van der Waals surface area contributed by atoms with Crippen LogP contribution >= 0.6 is 7.82 Å². The highest BCUT2D eigenvalue weighted by Gasteiger charge is 2.53. The van der Waals surface area contributed by atoms with Crippen molar-refractivity contribution in [2.24, 2.45) is 0 Å². The summed E-state index contributed by atoms with van der Waals surface area (Å²) in [4.78, 5) is 16.8. The van der Waals surface area contributed by atoms with Crippen molar-refractivity contribution in [3.05, 3.63) is 0 Å². The fourth-order valence-corrected chi connectivity index (χ4v) is 1.65. The molecule has 0 spiro atoms. The molecule has 16 heavy (non-hydrogen) atoms. The monoisotopic (exact) mass is 260 g/mol. The number of hydrogen-bond acceptors (Lipinski definition) is 7. The summed E-state index contributed by atoms with van der Waals surface area (Å²) in [5, 5.41) is 36.7. The Bertz CT molecular complexity index is 290. The van der Waals surface area contributed by atoms with Crippen LogP contribution in [0.4, 0.5) is 0 Å². The minimum absolute atomic E-state index is 0.731. The molecule has 9 nitrogen and oxygen atoms in total. The standard InChI is InChI=1S/C6H13O9P/c7-2-6(10)5(9)4(8)3(15-6)1-14-16(11,12)13/h3-5,7-10H,1-2H2,(H2,11,12,13)/t3-,4+,5+,6?/m1/s1. The third kappa shape index (κ3) is 2.98. The predicted molar refractivity (Wildman–Crippen MR) is 46.9 cm³/mol. The van der Waals surface area contributed by atoms with Crippen molar-refractivity contribution < 1.29 is 44.0 Å². The Balaban J connectivity index is 2.61. The number of phosphoric acid groups is 1. The average molecular weight is 260 g/mol. The fourth-order valence-electron chi connectivity index (χ4n) is 1.31. The second-order valence-electron chi connectivity index (χ2n) is 3.38. The lowest BCUT2D eigenvalue weighted by Gasteiger charge is -2.22. The van der Waals surface area contributed by atoms with E-state index in [2.05, 4.69) is 9.26 Å². The summed E-state index contributed by atoms with van der Waals surface area (Å²) < 4.78 is 19.1. The molecular formula is C6H13O9P. The Kier molecular flexibility index (Phi) is 4.06. The molecule has 1 fully saturated rings. The number of rotatable bonds is 4. The molecule has 1 unspecified atom stereocenters. The van der Waals surface area contributed by atoms with Gasteiger partial charge >= 0.3 is 7.82 Å². The Labute approximate surface area is 90.1 Å². The maximum absolute atomic E-state index is 10.4. The van der Waals surface area contributed by atoms with Gasteiger partial charge < -0.3 is 34.9 Å². The largest absolute Gasteiger partial charge is 0.469 e. The molecule has 1 rings (SSSR count). The first kappa shape index (κ1) is 14.0. The first-order valence-electron chi connectivity index (χ1n) is 4.27. The van der Waals surface area contributed by atoms with Gasteiger partial charge in [0.1, 0.15) is 18.3 Å². The van der Waals surface area contributed by atoms with Crippen LogP contribution in [-0.4, -0.2) is 67.5 Å². The second-order valence-corrected chi connectivity index (χ2v) is 4.62. The van der Waals surface area contributed by atoms with Gasteiger partial charge in [-0.25, -0.2) is 4.57 Å². The molecule has 0 aromatic heterocycles. The molecular weight excluding hydrogens is 247 g/mol. The molecule has 96 valence electrons. The molecule has 4 atom stereocenters. The van der Waals surface area contributed by atoms with Crippen LogP contribution in [0.2, 0.25) is 0 Å². The van der Waals surface area contributed by atoms with E-state index in [1.165, 1.54) is 0 Å². The quantitative estimate of drug-likeness (QED) is 0.288. The van der Waals surface area contributed by atoms with Crippen molar-refractivity contribution >= 4 is 7.82 Å². The third-order valence-corrected chi connectivity index (χ3v) is 2.64. The lowest BCUT2D eigenvalue weighted by molar-refractivity contribution is -0.247. The van der Waals surface area contributed by atoms with Gasteiger partial charge in [-0.15, -0.1) is 0 Å². The number of aliphatic hydroxyl groups is 4. The number of ether oxygens (including phenoxy) is 1. The van der Waals surface area contributed by atoms with E-state index in [1.54, 1.807) is 0 Å². The van der Waals surface area contributed by atoms with Crippen molar-refractivity contribution in [2.75, 3.05) is 13.2 Å². The lowest BCUT2D eigenvalue weighted by Crippen LogP contribution is -2.46. The zero-order chi connectivity index (χ0) is 12.6. The molecule has 0 aromatic rings. The molecule has 1 heterocycles. The van der Waals surface area contributed by atoms with Crippen LogP contribution < -0.4 is 0 Å². The summed E-state index contributed by atoms with van der Waals surface area (Å²) in [6.45, 7) is -1.71. The van der Waals surface area contributed by atoms with E-state index in [0.717, 1.165) is 0 Å². The van der Waals surface area contributed by atoms with Gasteiger partial charge in [0.25, 0.3) is 0 Å². The molecule has 0 bridgehead atoms. The van der Waals surface area contributed by atoms with Crippen molar-refractivity contribution in [1.29, 1.82) is 0 Å². The van der Waals surface area contributed by atoms with E-state index in [0.29, 0.717) is 0 Å². The molecule has 6 N–H and O–H groups in total. The molecule has 1 saturated heterocycles. The zero-order valence-corrected chi connectivity index (χ0v) is 8.90. The van der Waals surface area contributed by atoms with Crippen molar-refractivity contribution in [1.82, 2.24) is 0 Å². The topological polar surface area (TPSA) is 157 Å². The Morgan fingerprint density at radius 3 is 2.31 bits per heavy atom. The van der Waals surface area contributed by atoms with Crippen molar-refractivity contribution in [3.8, 4) is 0 Å². The van der Waals surface area contributed by atoms with Gasteiger partial charge in [-0.1, -0.05) is 0 Å². The van der Waals surface area contributed by atoms with Crippen molar-refractivity contribution in [3.63, 3.8) is 0 Å². The van der Waals surface area contributed by atoms with Gasteiger partial charge in [-0.05, 0) is 0 Å². The van der Waals surface area contributed by atoms with Crippen LogP contribution in [0, 0.1) is 0 Å². The number of phosphoric ester groups is 1. The van der Waals surface area contributed by atoms with E-state index in [1.807, 2.05) is 0 Å². The summed E-state index contributed by atoms with van der Waals surface area (Å²) in [5.41, 5.74) is 0. The molecule has 1 aliphatic heterocycles. The maximum Gasteiger partial charge on any atom is 0.469 e. The van der Waals surface area contributed by atoms with Gasteiger partial charge in [0.05, 0.1) is 13.2 Å². The highest BCUT2D eigenvalue weighted by molar-refractivity contribution is 7.46. The van der Waals surface area contributed by atoms with Crippen LogP contribution in [0.25, 0.3) is 0 Å². The fraction of sp³-hybridized carbons (Fsp3) is 1.00. The summed E-state index contributed by atoms with van der Waals surface area (Å²) in [7, 11) is -4.73. The maximum atomic E-state index is 10.4. The Morgan fingerprint density at radius 1 is 1.38 bits per heavy atom. The summed E-state index contributed by atoms with van der Waals surface area (Å²) >= 11 is 0. The summed E-state index contributed by atoms with van der Waals surface area (Å²) in [6, 6.07) is 0. The van der Waals surface area contributed by atoms with E-state index in [9.17, 15) is 19.9 Å². The van der Waals surface area contributed by atoms with Crippen molar-refractivity contribution in [2.45, 2.75) is 24.1 Å². The molecule has 0 aromatic carbocycles. The Morgan fingerprint density at radius 2 is 1.94 bits per heavy atom. The summed E-state index contributed by atoms with van der Waals surface area (Å²) in [5.74, 6) is -2.36. The molecule has 10 heteroatoms. The number of aliphatic hydroxyl groups excluding tert-OH is 3. The molecule has 0 saturated carbocycles. The predicted octanol–water partition coefficient (Wildman–Crippen LogP) is -3.10. The van der Waals surface area contributed by atoms with E-state index < -0.39 is 45.1 Å². The Hall–Kier alpha value is -0.0900. The van der Waals surface area contributed by atoms with Crippen LogP contribution in [0.15, 0.2) is 0 Å².